The summed E-state index contributed by atoms with van der Waals surface area (Å²) in [6, 6.07) is 0. The Labute approximate surface area is 74.0 Å². The Morgan fingerprint density at radius 1 is 1.67 bits per heavy atom. The van der Waals surface area contributed by atoms with Crippen LogP contribution in [-0.4, -0.2) is 32.4 Å². The van der Waals surface area contributed by atoms with E-state index in [4.69, 9.17) is 15.8 Å². The fourth-order valence-electron chi connectivity index (χ4n) is 0.413. The van der Waals surface area contributed by atoms with Gasteiger partial charge in [-0.2, -0.15) is 0 Å². The molecule has 0 heterocycles. The van der Waals surface area contributed by atoms with Crippen LogP contribution in [0.1, 0.15) is 0 Å². The van der Waals surface area contributed by atoms with Crippen LogP contribution in [0.15, 0.2) is 11.8 Å². The average molecular weight is 215 g/mol. The highest BCUT2D eigenvalue weighted by molar-refractivity contribution is 8.13. The van der Waals surface area contributed by atoms with E-state index >= 15 is 0 Å². The molecule has 0 saturated carbocycles. The van der Waals surface area contributed by atoms with E-state index in [2.05, 4.69) is 4.74 Å². The molecular weight excluding hydrogens is 208 g/mol. The van der Waals surface area contributed by atoms with Gasteiger partial charge in [-0.05, 0) is 0 Å². The van der Waals surface area contributed by atoms with Gasteiger partial charge in [-0.25, -0.2) is 13.2 Å². The van der Waals surface area contributed by atoms with Crippen molar-refractivity contribution in [2.45, 2.75) is 0 Å². The quantitative estimate of drug-likeness (QED) is 0.314. The lowest BCUT2D eigenvalue weighted by Gasteiger charge is -1.95. The number of halogens is 1. The van der Waals surface area contributed by atoms with Crippen molar-refractivity contribution in [1.29, 1.82) is 0 Å². The fraction of sp³-hybridized carbons (Fsp3) is 0.400. The van der Waals surface area contributed by atoms with Crippen molar-refractivity contribution in [1.82, 2.24) is 0 Å². The van der Waals surface area contributed by atoms with E-state index in [1.165, 1.54) is 0 Å². The molecule has 0 rings (SSSR count). The second-order valence-electron chi connectivity index (χ2n) is 1.84. The molecule has 0 atom stereocenters. The lowest BCUT2D eigenvalue weighted by molar-refractivity contribution is -0.135. The topological polar surface area (TPSA) is 80.7 Å². The van der Waals surface area contributed by atoms with Crippen molar-refractivity contribution in [3.05, 3.63) is 11.8 Å². The molecular formula is C5H7ClO5S. The fourth-order valence-corrected chi connectivity index (χ4v) is 1.19. The zero-order valence-corrected chi connectivity index (χ0v) is 7.72. The first-order valence-corrected chi connectivity index (χ1v) is 5.23. The van der Waals surface area contributed by atoms with Crippen LogP contribution < -0.4 is 0 Å². The minimum atomic E-state index is -3.83. The highest BCUT2D eigenvalue weighted by Gasteiger charge is 2.09. The summed E-state index contributed by atoms with van der Waals surface area (Å²) in [6.45, 7) is 0. The van der Waals surface area contributed by atoms with Gasteiger partial charge in [-0.1, -0.05) is 0 Å². The molecule has 0 aliphatic heterocycles. The van der Waals surface area contributed by atoms with Crippen LogP contribution in [0.25, 0.3) is 0 Å². The van der Waals surface area contributed by atoms with E-state index in [0.29, 0.717) is 6.08 Å². The van der Waals surface area contributed by atoms with Gasteiger partial charge in [-0.15, -0.1) is 0 Å². The number of hydrogen-bond acceptors (Lipinski definition) is 5. The molecule has 0 spiro atoms. The Bertz CT molecular complexity index is 291. The minimum Gasteiger partial charge on any atom is -0.511 e. The molecule has 5 nitrogen and oxygen atoms in total. The molecule has 0 fully saturated rings. The predicted molar refractivity (Wildman–Crippen MR) is 42.4 cm³/mol. The third-order valence-electron chi connectivity index (χ3n) is 0.806. The molecule has 0 radical (unpaired) electrons. The van der Waals surface area contributed by atoms with Crippen molar-refractivity contribution in [3.63, 3.8) is 0 Å². The second-order valence-corrected chi connectivity index (χ2v) is 4.62. The normalized spacial score (nSPS) is 12.7. The maximum Gasteiger partial charge on any atom is 0.333 e. The Kier molecular flexibility index (Phi) is 4.05. The van der Waals surface area contributed by atoms with E-state index in [9.17, 15) is 13.2 Å². The molecule has 0 amide bonds. The Morgan fingerprint density at radius 2 is 2.17 bits per heavy atom. The summed E-state index contributed by atoms with van der Waals surface area (Å²) < 4.78 is 24.8. The Morgan fingerprint density at radius 3 is 2.50 bits per heavy atom. The number of carbonyl (C=O) groups excluding carboxylic acids is 1. The average Bonchev–Trinajstić information content (AvgIpc) is 1.82. The van der Waals surface area contributed by atoms with Gasteiger partial charge >= 0.3 is 5.97 Å². The summed E-state index contributed by atoms with van der Waals surface area (Å²) in [7, 11) is 2.04. The van der Waals surface area contributed by atoms with Gasteiger partial charge in [0.1, 0.15) is 11.5 Å². The van der Waals surface area contributed by atoms with Crippen molar-refractivity contribution in [2.75, 3.05) is 12.9 Å². The molecule has 7 heteroatoms. The molecule has 12 heavy (non-hydrogen) atoms. The number of esters is 1. The number of rotatable bonds is 3. The molecule has 0 bridgehead atoms. The van der Waals surface area contributed by atoms with E-state index in [1.807, 2.05) is 0 Å². The molecule has 0 aliphatic rings. The number of aliphatic hydroxyl groups excluding tert-OH is 1. The maximum atomic E-state index is 10.4. The van der Waals surface area contributed by atoms with E-state index in [1.54, 1.807) is 0 Å². The molecule has 0 saturated heterocycles. The lowest BCUT2D eigenvalue weighted by atomic mass is 10.5. The monoisotopic (exact) mass is 214 g/mol. The summed E-state index contributed by atoms with van der Waals surface area (Å²) in [5.41, 5.74) is 0. The Hall–Kier alpha value is -0.750. The third kappa shape index (κ3) is 5.99. The van der Waals surface area contributed by atoms with Crippen molar-refractivity contribution in [2.24, 2.45) is 0 Å². The summed E-state index contributed by atoms with van der Waals surface area (Å²) in [4.78, 5) is 10.4. The van der Waals surface area contributed by atoms with Gasteiger partial charge < -0.3 is 9.84 Å². The highest BCUT2D eigenvalue weighted by Crippen LogP contribution is 2.02. The molecule has 70 valence electrons. The standard InChI is InChI=1S/C5H7ClO5S/c1-11-5(8)2-4(7)3-12(6,9)10/h2,7H,3H2,1H3/b4-2-. The van der Waals surface area contributed by atoms with Gasteiger partial charge in [-0.3, -0.25) is 0 Å². The summed E-state index contributed by atoms with van der Waals surface area (Å²) >= 11 is 0. The number of methoxy groups -OCH3 is 1. The summed E-state index contributed by atoms with van der Waals surface area (Å²) in [5.74, 6) is -2.28. The van der Waals surface area contributed by atoms with Crippen molar-refractivity contribution < 1.29 is 23.1 Å². The number of hydrogen-bond donors (Lipinski definition) is 1. The van der Waals surface area contributed by atoms with Crippen LogP contribution in [0, 0.1) is 0 Å². The van der Waals surface area contributed by atoms with Gasteiger partial charge in [0.15, 0.2) is 0 Å². The van der Waals surface area contributed by atoms with Crippen LogP contribution in [-0.2, 0) is 18.6 Å². The first-order chi connectivity index (χ1) is 5.35. The molecule has 0 aromatic carbocycles. The first kappa shape index (κ1) is 11.2. The van der Waals surface area contributed by atoms with E-state index in [-0.39, 0.29) is 0 Å². The van der Waals surface area contributed by atoms with E-state index < -0.39 is 26.5 Å². The number of carbonyl (C=O) groups is 1. The van der Waals surface area contributed by atoms with Crippen LogP contribution in [0.3, 0.4) is 0 Å². The SMILES string of the molecule is COC(=O)/C=C(\O)CS(=O)(=O)Cl. The molecule has 0 aromatic rings. The maximum absolute atomic E-state index is 10.4. The second kappa shape index (κ2) is 4.32. The summed E-state index contributed by atoms with van der Waals surface area (Å²) in [6.07, 6.45) is 0.639. The van der Waals surface area contributed by atoms with Crippen molar-refractivity contribution in [3.8, 4) is 0 Å². The van der Waals surface area contributed by atoms with Crippen LogP contribution >= 0.6 is 10.7 Å². The van der Waals surface area contributed by atoms with Crippen LogP contribution in [0.4, 0.5) is 0 Å². The van der Waals surface area contributed by atoms with Gasteiger partial charge in [0.25, 0.3) is 0 Å². The lowest BCUT2D eigenvalue weighted by Crippen LogP contribution is -2.04. The highest BCUT2D eigenvalue weighted by atomic mass is 35.7. The van der Waals surface area contributed by atoms with Crippen molar-refractivity contribution >= 4 is 25.7 Å². The first-order valence-electron chi connectivity index (χ1n) is 2.75. The number of ether oxygens (including phenoxy) is 1. The van der Waals surface area contributed by atoms with Gasteiger partial charge in [0.05, 0.1) is 13.2 Å². The minimum absolute atomic E-state index is 0.639. The molecule has 1 N–H and O–H groups in total. The molecule has 0 aromatic heterocycles. The van der Waals surface area contributed by atoms with Gasteiger partial charge in [0, 0.05) is 10.7 Å². The molecule has 0 unspecified atom stereocenters. The smallest absolute Gasteiger partial charge is 0.333 e. The number of aliphatic hydroxyl groups is 1. The molecule has 0 aliphatic carbocycles. The van der Waals surface area contributed by atoms with Crippen LogP contribution in [0.2, 0.25) is 0 Å². The summed E-state index contributed by atoms with van der Waals surface area (Å²) in [5, 5.41) is 8.78. The van der Waals surface area contributed by atoms with Crippen LogP contribution in [0.5, 0.6) is 0 Å². The third-order valence-corrected chi connectivity index (χ3v) is 1.77. The van der Waals surface area contributed by atoms with E-state index in [0.717, 1.165) is 7.11 Å². The van der Waals surface area contributed by atoms with Gasteiger partial charge in [0.2, 0.25) is 9.05 Å². The largest absolute Gasteiger partial charge is 0.511 e. The zero-order valence-electron chi connectivity index (χ0n) is 6.15. The predicted octanol–water partition coefficient (Wildman–Crippen LogP) is 0.170. The zero-order chi connectivity index (χ0) is 9.78. The Balaban J connectivity index is 4.32.